The van der Waals surface area contributed by atoms with Crippen molar-refractivity contribution in [2.75, 3.05) is 0 Å². The average molecular weight is 340 g/mol. The minimum Gasteiger partial charge on any atom is -0.445 e. The summed E-state index contributed by atoms with van der Waals surface area (Å²) in [7, 11) is -1.92. The number of rotatable bonds is 6. The largest absolute Gasteiger partial charge is 0.445 e. The molecule has 0 bridgehead atoms. The first-order valence-electron chi connectivity index (χ1n) is 7.72. The lowest BCUT2D eigenvalue weighted by Gasteiger charge is -2.36. The summed E-state index contributed by atoms with van der Waals surface area (Å²) in [5, 5.41) is 0.0879. The van der Waals surface area contributed by atoms with Crippen molar-refractivity contribution in [3.05, 3.63) is 34.2 Å². The molecule has 0 saturated heterocycles. The highest BCUT2D eigenvalue weighted by Gasteiger charge is 2.37. The number of hydrogen-bond acceptors (Lipinski definition) is 4. The van der Waals surface area contributed by atoms with Crippen molar-refractivity contribution in [1.29, 1.82) is 0 Å². The van der Waals surface area contributed by atoms with Crippen LogP contribution in [0, 0.1) is 0 Å². The first kappa shape index (κ1) is 19.4. The number of aromatic nitrogens is 1. The Labute approximate surface area is 138 Å². The van der Waals surface area contributed by atoms with Crippen LogP contribution in [0.1, 0.15) is 33.3 Å². The molecule has 0 aliphatic rings. The number of carbonyl (C=O) groups is 1. The van der Waals surface area contributed by atoms with Crippen molar-refractivity contribution in [2.45, 2.75) is 65.1 Å². The van der Waals surface area contributed by atoms with E-state index < -0.39 is 20.5 Å². The SMILES string of the molecule is C[C@@H](Cn1cccc(CO[Si](C)(C)C(C)(C)C)c1=O)OC(N)=O. The van der Waals surface area contributed by atoms with Gasteiger partial charge in [-0.2, -0.15) is 0 Å². The molecule has 1 rings (SSSR count). The van der Waals surface area contributed by atoms with E-state index in [9.17, 15) is 9.59 Å². The lowest BCUT2D eigenvalue weighted by molar-refractivity contribution is 0.105. The Bertz CT molecular complexity index is 605. The molecule has 0 radical (unpaired) electrons. The Morgan fingerprint density at radius 1 is 1.39 bits per heavy atom. The van der Waals surface area contributed by atoms with Gasteiger partial charge in [-0.05, 0) is 37.2 Å². The Balaban J connectivity index is 2.85. The fourth-order valence-corrected chi connectivity index (χ4v) is 2.78. The summed E-state index contributed by atoms with van der Waals surface area (Å²) in [5.41, 5.74) is 5.45. The van der Waals surface area contributed by atoms with Crippen LogP contribution < -0.4 is 11.3 Å². The molecule has 2 N–H and O–H groups in total. The van der Waals surface area contributed by atoms with Crippen LogP contribution in [0.4, 0.5) is 4.79 Å². The highest BCUT2D eigenvalue weighted by Crippen LogP contribution is 2.36. The summed E-state index contributed by atoms with van der Waals surface area (Å²) in [6, 6.07) is 3.56. The molecule has 0 aliphatic carbocycles. The van der Waals surface area contributed by atoms with Gasteiger partial charge in [-0.25, -0.2) is 4.79 Å². The molecular formula is C16H28N2O4Si. The third-order valence-electron chi connectivity index (χ3n) is 4.26. The van der Waals surface area contributed by atoms with Gasteiger partial charge in [0.25, 0.3) is 5.56 Å². The van der Waals surface area contributed by atoms with Crippen LogP contribution in [0.25, 0.3) is 0 Å². The number of pyridine rings is 1. The van der Waals surface area contributed by atoms with E-state index in [0.29, 0.717) is 12.2 Å². The second kappa shape index (κ2) is 7.31. The zero-order chi connectivity index (χ0) is 17.8. The number of carbonyl (C=O) groups excluding carboxylic acids is 1. The van der Waals surface area contributed by atoms with E-state index in [2.05, 4.69) is 33.9 Å². The van der Waals surface area contributed by atoms with Gasteiger partial charge in [-0.15, -0.1) is 0 Å². The smallest absolute Gasteiger partial charge is 0.404 e. The van der Waals surface area contributed by atoms with Crippen LogP contribution in [0.3, 0.4) is 0 Å². The van der Waals surface area contributed by atoms with Crippen molar-refractivity contribution in [3.8, 4) is 0 Å². The van der Waals surface area contributed by atoms with Gasteiger partial charge in [0.2, 0.25) is 0 Å². The fourth-order valence-electron chi connectivity index (χ4n) is 1.83. The number of nitrogens with two attached hydrogens (primary N) is 1. The van der Waals surface area contributed by atoms with Gasteiger partial charge >= 0.3 is 6.09 Å². The average Bonchev–Trinajstić information content (AvgIpc) is 2.37. The number of amides is 1. The third-order valence-corrected chi connectivity index (χ3v) is 8.74. The van der Waals surface area contributed by atoms with Gasteiger partial charge in [0, 0.05) is 11.8 Å². The summed E-state index contributed by atoms with van der Waals surface area (Å²) in [6.45, 7) is 13.0. The van der Waals surface area contributed by atoms with Gasteiger partial charge in [-0.1, -0.05) is 20.8 Å². The number of ether oxygens (including phenoxy) is 1. The fraction of sp³-hybridized carbons (Fsp3) is 0.625. The van der Waals surface area contributed by atoms with Crippen LogP contribution in [-0.2, 0) is 22.3 Å². The van der Waals surface area contributed by atoms with E-state index in [0.717, 1.165) is 0 Å². The van der Waals surface area contributed by atoms with E-state index >= 15 is 0 Å². The Morgan fingerprint density at radius 2 is 2.00 bits per heavy atom. The molecule has 0 spiro atoms. The van der Waals surface area contributed by atoms with Gasteiger partial charge in [0.15, 0.2) is 8.32 Å². The van der Waals surface area contributed by atoms with Crippen molar-refractivity contribution in [3.63, 3.8) is 0 Å². The van der Waals surface area contributed by atoms with Gasteiger partial charge < -0.3 is 19.5 Å². The molecule has 0 saturated carbocycles. The van der Waals surface area contributed by atoms with Crippen LogP contribution in [0.2, 0.25) is 18.1 Å². The molecule has 0 unspecified atom stereocenters. The Morgan fingerprint density at radius 3 is 2.52 bits per heavy atom. The third kappa shape index (κ3) is 5.51. The maximum absolute atomic E-state index is 12.5. The quantitative estimate of drug-likeness (QED) is 0.807. The van der Waals surface area contributed by atoms with E-state index in [1.54, 1.807) is 25.3 Å². The number of primary amides is 1. The van der Waals surface area contributed by atoms with Gasteiger partial charge in [0.05, 0.1) is 13.2 Å². The van der Waals surface area contributed by atoms with Crippen LogP contribution in [-0.4, -0.2) is 25.1 Å². The van der Waals surface area contributed by atoms with Gasteiger partial charge in [0.1, 0.15) is 6.10 Å². The molecule has 130 valence electrons. The summed E-state index contributed by atoms with van der Waals surface area (Å²) in [5.74, 6) is 0. The molecule has 7 heteroatoms. The van der Waals surface area contributed by atoms with Crippen LogP contribution in [0.15, 0.2) is 23.1 Å². The number of nitrogens with zero attached hydrogens (tertiary/aromatic N) is 1. The maximum Gasteiger partial charge on any atom is 0.404 e. The molecular weight excluding hydrogens is 312 g/mol. The summed E-state index contributed by atoms with van der Waals surface area (Å²) >= 11 is 0. The van der Waals surface area contributed by atoms with Crippen LogP contribution >= 0.6 is 0 Å². The van der Waals surface area contributed by atoms with E-state index in [4.69, 9.17) is 14.9 Å². The topological polar surface area (TPSA) is 83.6 Å². The van der Waals surface area contributed by atoms with Gasteiger partial charge in [-0.3, -0.25) is 4.79 Å². The standard InChI is InChI=1S/C16H28N2O4Si/c1-12(22-15(17)20)10-18-9-7-8-13(14(18)19)11-21-23(5,6)16(2,3)4/h7-9,12H,10-11H2,1-6H3,(H2,17,20)/t12-/m0/s1. The number of hydrogen-bond donors (Lipinski definition) is 1. The molecule has 1 heterocycles. The second-order valence-corrected chi connectivity index (χ2v) is 12.1. The van der Waals surface area contributed by atoms with Crippen molar-refractivity contribution in [2.24, 2.45) is 5.73 Å². The molecule has 6 nitrogen and oxygen atoms in total. The Kier molecular flexibility index (Phi) is 6.18. The monoisotopic (exact) mass is 340 g/mol. The first-order valence-corrected chi connectivity index (χ1v) is 10.6. The molecule has 0 aromatic carbocycles. The zero-order valence-corrected chi connectivity index (χ0v) is 15.9. The molecule has 1 atom stereocenters. The second-order valence-electron chi connectivity index (χ2n) is 7.29. The molecule has 1 aromatic heterocycles. The minimum atomic E-state index is -1.92. The molecule has 1 amide bonds. The highest BCUT2D eigenvalue weighted by atomic mass is 28.4. The molecule has 1 aromatic rings. The van der Waals surface area contributed by atoms with E-state index in [-0.39, 0.29) is 17.1 Å². The Hall–Kier alpha value is -1.60. The molecule has 23 heavy (non-hydrogen) atoms. The highest BCUT2D eigenvalue weighted by molar-refractivity contribution is 6.74. The van der Waals surface area contributed by atoms with E-state index in [1.165, 1.54) is 4.57 Å². The lowest BCUT2D eigenvalue weighted by atomic mass is 10.2. The van der Waals surface area contributed by atoms with Crippen molar-refractivity contribution >= 4 is 14.4 Å². The van der Waals surface area contributed by atoms with Crippen molar-refractivity contribution < 1.29 is 14.0 Å². The van der Waals surface area contributed by atoms with E-state index in [1.807, 2.05) is 0 Å². The first-order chi connectivity index (χ1) is 10.4. The summed E-state index contributed by atoms with van der Waals surface area (Å²) in [4.78, 5) is 23.2. The van der Waals surface area contributed by atoms with Crippen LogP contribution in [0.5, 0.6) is 0 Å². The predicted molar refractivity (Wildman–Crippen MR) is 92.8 cm³/mol. The predicted octanol–water partition coefficient (Wildman–Crippen LogP) is 2.85. The minimum absolute atomic E-state index is 0.0879. The maximum atomic E-state index is 12.5. The molecule has 0 fully saturated rings. The summed E-state index contributed by atoms with van der Waals surface area (Å²) < 4.78 is 12.5. The normalized spacial score (nSPS) is 13.7. The lowest BCUT2D eigenvalue weighted by Crippen LogP contribution is -2.41. The molecule has 0 aliphatic heterocycles. The summed E-state index contributed by atoms with van der Waals surface area (Å²) in [6.07, 6.45) is 0.351. The van der Waals surface area contributed by atoms with Crippen molar-refractivity contribution in [1.82, 2.24) is 4.57 Å². The zero-order valence-electron chi connectivity index (χ0n) is 14.9.